The highest BCUT2D eigenvalue weighted by atomic mass is 16.7. The molecule has 0 aromatic carbocycles. The summed E-state index contributed by atoms with van der Waals surface area (Å²) < 4.78 is 63.7. The third kappa shape index (κ3) is 9.67. The molecule has 0 amide bonds. The van der Waals surface area contributed by atoms with Gasteiger partial charge in [-0.3, -0.25) is 4.79 Å². The summed E-state index contributed by atoms with van der Waals surface area (Å²) in [6.07, 6.45) is 5.52. The molecule has 6 aliphatic heterocycles. The predicted molar refractivity (Wildman–Crippen MR) is 223 cm³/mol. The molecule has 2 bridgehead atoms. The zero-order valence-electron chi connectivity index (χ0n) is 37.8. The molecule has 6 heterocycles. The fourth-order valence-electron chi connectivity index (χ4n) is 10.8. The third-order valence-corrected chi connectivity index (χ3v) is 14.4. The number of carbonyl (C=O) groups is 1. The van der Waals surface area contributed by atoms with Gasteiger partial charge in [0.2, 0.25) is 0 Å². The van der Waals surface area contributed by atoms with Gasteiger partial charge in [0, 0.05) is 52.2 Å². The summed E-state index contributed by atoms with van der Waals surface area (Å²) in [5.74, 6) is -2.15. The van der Waals surface area contributed by atoms with E-state index < -0.39 is 90.8 Å². The summed E-state index contributed by atoms with van der Waals surface area (Å²) in [5, 5.41) is 34.2. The van der Waals surface area contributed by atoms with Crippen molar-refractivity contribution < 1.29 is 67.5 Å². The first-order valence-electron chi connectivity index (χ1n) is 22.6. The number of aliphatic hydroxyl groups is 3. The quantitative estimate of drug-likeness (QED) is 0.225. The molecule has 1 spiro atoms. The van der Waals surface area contributed by atoms with E-state index in [2.05, 4.69) is 40.7 Å². The lowest BCUT2D eigenvalue weighted by Gasteiger charge is -2.50. The van der Waals surface area contributed by atoms with Crippen molar-refractivity contribution in [2.24, 2.45) is 23.7 Å². The fraction of sp³-hybridized carbons (Fsp3) is 0.809. The molecule has 14 nitrogen and oxygen atoms in total. The molecule has 7 aliphatic rings. The van der Waals surface area contributed by atoms with E-state index in [1.54, 1.807) is 40.2 Å². The van der Waals surface area contributed by atoms with Crippen LogP contribution in [0.5, 0.6) is 0 Å². The Labute approximate surface area is 361 Å². The number of allylic oxidation sites excluding steroid dienone is 2. The minimum Gasteiger partial charge on any atom is -0.462 e. The Balaban J connectivity index is 1.17. The van der Waals surface area contributed by atoms with Crippen LogP contribution in [-0.2, 0) is 52.2 Å². The number of hydrogen-bond acceptors (Lipinski definition) is 14. The van der Waals surface area contributed by atoms with E-state index in [-0.39, 0.29) is 36.8 Å². The minimum absolute atomic E-state index is 0.0210. The van der Waals surface area contributed by atoms with Crippen molar-refractivity contribution in [3.63, 3.8) is 0 Å². The van der Waals surface area contributed by atoms with Crippen LogP contribution in [0.3, 0.4) is 0 Å². The van der Waals surface area contributed by atoms with Crippen molar-refractivity contribution in [1.29, 1.82) is 0 Å². The molecule has 344 valence electrons. The number of carbonyl (C=O) groups excluding carboxylic acids is 1. The van der Waals surface area contributed by atoms with Crippen molar-refractivity contribution in [2.45, 2.75) is 198 Å². The van der Waals surface area contributed by atoms with Crippen LogP contribution >= 0.6 is 0 Å². The van der Waals surface area contributed by atoms with Crippen molar-refractivity contribution in [3.8, 4) is 0 Å². The van der Waals surface area contributed by atoms with Crippen LogP contribution < -0.4 is 0 Å². The van der Waals surface area contributed by atoms with E-state index >= 15 is 0 Å². The molecule has 19 atom stereocenters. The molecule has 1 unspecified atom stereocenters. The highest BCUT2D eigenvalue weighted by Gasteiger charge is 2.60. The largest absolute Gasteiger partial charge is 0.462 e. The summed E-state index contributed by atoms with van der Waals surface area (Å²) in [5.41, 5.74) is 0.184. The first kappa shape index (κ1) is 46.9. The molecule has 5 fully saturated rings. The Hall–Kier alpha value is -2.05. The van der Waals surface area contributed by atoms with E-state index in [4.69, 9.17) is 47.4 Å². The van der Waals surface area contributed by atoms with E-state index in [9.17, 15) is 20.1 Å². The number of methoxy groups -OCH3 is 2. The molecule has 0 aromatic heterocycles. The Kier molecular flexibility index (Phi) is 14.8. The van der Waals surface area contributed by atoms with Crippen molar-refractivity contribution in [2.75, 3.05) is 20.8 Å². The molecule has 7 rings (SSSR count). The molecule has 0 saturated carbocycles. The predicted octanol–water partition coefficient (Wildman–Crippen LogP) is 5.21. The van der Waals surface area contributed by atoms with Crippen LogP contribution in [0.2, 0.25) is 0 Å². The number of fused-ring (bicyclic) bond motifs is 2. The molecule has 14 heteroatoms. The maximum atomic E-state index is 14.3. The van der Waals surface area contributed by atoms with E-state index in [1.807, 2.05) is 19.1 Å². The molecule has 0 radical (unpaired) electrons. The monoisotopic (exact) mass is 860 g/mol. The van der Waals surface area contributed by atoms with E-state index in [0.717, 1.165) is 12.0 Å². The lowest BCUT2D eigenvalue weighted by Crippen LogP contribution is -2.58. The highest BCUT2D eigenvalue weighted by Crippen LogP contribution is 2.48. The number of ether oxygens (including phenoxy) is 10. The van der Waals surface area contributed by atoms with Gasteiger partial charge in [0.05, 0.1) is 49.3 Å². The second-order valence-corrected chi connectivity index (χ2v) is 19.2. The van der Waals surface area contributed by atoms with Gasteiger partial charge in [-0.15, -0.1) is 0 Å². The number of hydrogen-bond donors (Lipinski definition) is 3. The van der Waals surface area contributed by atoms with Crippen LogP contribution in [0.4, 0.5) is 0 Å². The first-order chi connectivity index (χ1) is 29.0. The van der Waals surface area contributed by atoms with Gasteiger partial charge in [0.1, 0.15) is 42.0 Å². The summed E-state index contributed by atoms with van der Waals surface area (Å²) in [6.45, 7) is 16.2. The van der Waals surface area contributed by atoms with Gasteiger partial charge in [0.15, 0.2) is 18.4 Å². The zero-order valence-corrected chi connectivity index (χ0v) is 37.8. The Morgan fingerprint density at radius 1 is 0.885 bits per heavy atom. The van der Waals surface area contributed by atoms with E-state index in [1.165, 1.54) is 0 Å². The van der Waals surface area contributed by atoms with Gasteiger partial charge in [-0.05, 0) is 69.1 Å². The summed E-state index contributed by atoms with van der Waals surface area (Å²) in [6, 6.07) is 0. The van der Waals surface area contributed by atoms with Gasteiger partial charge in [-0.1, -0.05) is 58.1 Å². The van der Waals surface area contributed by atoms with Gasteiger partial charge < -0.3 is 62.7 Å². The molecular formula is C47H72O14. The Morgan fingerprint density at radius 3 is 2.31 bits per heavy atom. The second-order valence-electron chi connectivity index (χ2n) is 19.2. The average Bonchev–Trinajstić information content (AvgIpc) is 3.56. The standard InChI is InChI=1S/C47H72O14/c1-24(2)41-27(5)16-17-46(61-41)22-33-19-32(60-46)15-14-26(4)42(25(3)12-11-13-31-23-54-44-39(48)28(6)18-34(45(50)57-33)47(31,44)51)58-38-21-36(53-10)43(30(8)56-38)59-37-20-35(52-9)40(49)29(7)55-37/h11-14,18,24-25,27,29-30,32-44,48-49,51H,15-17,19-23H2,1-10H3/b12-11+,26-14+,31-13+/t25-,27-,29-,30-,32+,33-,34-,35-,36-,37-,38-,39+,40-,41+,42-,43-,44+,46+,47?/m0/s1. The van der Waals surface area contributed by atoms with Crippen LogP contribution in [0.1, 0.15) is 100 Å². The van der Waals surface area contributed by atoms with Crippen LogP contribution in [0, 0.1) is 23.7 Å². The molecule has 0 aromatic rings. The third-order valence-electron chi connectivity index (χ3n) is 14.4. The number of esters is 1. The zero-order chi connectivity index (χ0) is 44.0. The lowest BCUT2D eigenvalue weighted by atomic mass is 9.71. The molecule has 61 heavy (non-hydrogen) atoms. The van der Waals surface area contributed by atoms with E-state index in [0.29, 0.717) is 55.6 Å². The second kappa shape index (κ2) is 19.2. The SMILES string of the molecule is CO[C@H]1C[C@H](O[C@H]2[C@H](C)O[C@@H](O[C@@H]3/C(C)=C/C[C@@H]4C[C@@H](C[C@]5(CC[C@H](C)[C@@H](C(C)C)O5)O4)OC(=O)[C@@H]4C=C(C)[C@@H](O)[C@H]5OC/C(=C\C=C\[C@@H]3C)C54O)C[C@@H]2OC)O[C@@H](C)[C@@H]1O. The van der Waals surface area contributed by atoms with Crippen molar-refractivity contribution in [3.05, 3.63) is 47.1 Å². The fourth-order valence-corrected chi connectivity index (χ4v) is 10.8. The summed E-state index contributed by atoms with van der Waals surface area (Å²) in [4.78, 5) is 14.3. The topological polar surface area (TPSA) is 170 Å². The smallest absolute Gasteiger partial charge is 0.316 e. The van der Waals surface area contributed by atoms with Gasteiger partial charge in [-0.25, -0.2) is 0 Å². The molecular weight excluding hydrogens is 789 g/mol. The maximum absolute atomic E-state index is 14.3. The molecule has 5 saturated heterocycles. The highest BCUT2D eigenvalue weighted by molar-refractivity contribution is 5.78. The maximum Gasteiger partial charge on any atom is 0.316 e. The molecule has 3 N–H and O–H groups in total. The lowest BCUT2D eigenvalue weighted by molar-refractivity contribution is -0.340. The normalized spacial score (nSPS) is 49.6. The number of aliphatic hydroxyl groups excluding tert-OH is 2. The van der Waals surface area contributed by atoms with Gasteiger partial charge >= 0.3 is 5.97 Å². The summed E-state index contributed by atoms with van der Waals surface area (Å²) in [7, 11) is 3.22. The van der Waals surface area contributed by atoms with Crippen LogP contribution in [0.25, 0.3) is 0 Å². The van der Waals surface area contributed by atoms with Crippen molar-refractivity contribution in [1.82, 2.24) is 0 Å². The van der Waals surface area contributed by atoms with Crippen LogP contribution in [0.15, 0.2) is 47.1 Å². The Bertz CT molecular complexity index is 1660. The number of rotatable bonds is 7. The van der Waals surface area contributed by atoms with Crippen LogP contribution in [-0.4, -0.2) is 139 Å². The minimum atomic E-state index is -1.82. The average molecular weight is 861 g/mol. The van der Waals surface area contributed by atoms with Gasteiger partial charge in [-0.2, -0.15) is 0 Å². The first-order valence-corrected chi connectivity index (χ1v) is 22.6. The Morgan fingerprint density at radius 2 is 1.59 bits per heavy atom. The molecule has 1 aliphatic carbocycles. The van der Waals surface area contributed by atoms with Crippen molar-refractivity contribution >= 4 is 5.97 Å². The summed E-state index contributed by atoms with van der Waals surface area (Å²) >= 11 is 0. The van der Waals surface area contributed by atoms with Gasteiger partial charge in [0.25, 0.3) is 0 Å².